The van der Waals surface area contributed by atoms with Crippen LogP contribution in [0.2, 0.25) is 0 Å². The largest absolute Gasteiger partial charge is 0.492 e. The average Bonchev–Trinajstić information content (AvgIpc) is 3.26. The number of ether oxygens (including phenoxy) is 1. The topological polar surface area (TPSA) is 54.7 Å². The summed E-state index contributed by atoms with van der Waals surface area (Å²) in [6.45, 7) is 1.25. The van der Waals surface area contributed by atoms with Crippen LogP contribution in [0, 0.1) is 0 Å². The van der Waals surface area contributed by atoms with E-state index in [4.69, 9.17) is 4.74 Å². The van der Waals surface area contributed by atoms with Crippen LogP contribution in [0.1, 0.15) is 0 Å². The maximum Gasteiger partial charge on any atom is 0.214 e. The molecule has 0 atom stereocenters. The van der Waals surface area contributed by atoms with Crippen molar-refractivity contribution in [1.82, 2.24) is 14.6 Å². The van der Waals surface area contributed by atoms with Crippen molar-refractivity contribution in [3.05, 3.63) is 60.8 Å². The minimum atomic E-state index is 0.573. The van der Waals surface area contributed by atoms with Gasteiger partial charge in [-0.2, -0.15) is 0 Å². The highest BCUT2D eigenvalue weighted by Gasteiger charge is 2.12. The predicted molar refractivity (Wildman–Crippen MR) is 111 cm³/mol. The van der Waals surface area contributed by atoms with Crippen molar-refractivity contribution < 1.29 is 4.74 Å². The quantitative estimate of drug-likeness (QED) is 0.492. The Morgan fingerprint density at radius 3 is 2.78 bits per heavy atom. The van der Waals surface area contributed by atoms with Gasteiger partial charge in [0, 0.05) is 25.3 Å². The summed E-state index contributed by atoms with van der Waals surface area (Å²) in [4.78, 5) is 7.45. The van der Waals surface area contributed by atoms with Gasteiger partial charge in [0.05, 0.1) is 18.4 Å². The van der Waals surface area contributed by atoms with Gasteiger partial charge < -0.3 is 15.0 Å². The van der Waals surface area contributed by atoms with Gasteiger partial charge in [-0.15, -0.1) is 5.10 Å². The minimum Gasteiger partial charge on any atom is -0.492 e. The molecule has 27 heavy (non-hydrogen) atoms. The van der Waals surface area contributed by atoms with Crippen LogP contribution in [0.15, 0.2) is 60.8 Å². The van der Waals surface area contributed by atoms with Gasteiger partial charge in [0.2, 0.25) is 10.1 Å². The van der Waals surface area contributed by atoms with E-state index in [-0.39, 0.29) is 0 Å². The molecule has 6 nitrogen and oxygen atoms in total. The van der Waals surface area contributed by atoms with Crippen molar-refractivity contribution in [3.63, 3.8) is 0 Å². The van der Waals surface area contributed by atoms with Crippen molar-refractivity contribution in [3.8, 4) is 17.0 Å². The number of fused-ring (bicyclic) bond motifs is 1. The standard InChI is InChI=1S/C20H21N5OS/c1-24(2)16-8-6-7-15(13-16)18-14-22-20-25(18)23-19(27-20)21-11-12-26-17-9-4-3-5-10-17/h3-10,13-14H,11-12H2,1-2H3,(H,21,23). The molecule has 2 heterocycles. The molecule has 0 saturated heterocycles. The van der Waals surface area contributed by atoms with Crippen LogP contribution in [0.4, 0.5) is 10.8 Å². The van der Waals surface area contributed by atoms with Crippen LogP contribution in [0.3, 0.4) is 0 Å². The number of hydrogen-bond donors (Lipinski definition) is 1. The van der Waals surface area contributed by atoms with Crippen molar-refractivity contribution in [1.29, 1.82) is 0 Å². The number of rotatable bonds is 7. The highest BCUT2D eigenvalue weighted by molar-refractivity contribution is 7.20. The fraction of sp³-hybridized carbons (Fsp3) is 0.200. The molecule has 0 saturated carbocycles. The molecule has 0 aliphatic heterocycles. The maximum absolute atomic E-state index is 5.70. The van der Waals surface area contributed by atoms with Crippen molar-refractivity contribution in [2.45, 2.75) is 0 Å². The van der Waals surface area contributed by atoms with Gasteiger partial charge in [-0.05, 0) is 24.3 Å². The van der Waals surface area contributed by atoms with Gasteiger partial charge in [0.25, 0.3) is 0 Å². The summed E-state index contributed by atoms with van der Waals surface area (Å²) >= 11 is 1.53. The predicted octanol–water partition coefficient (Wildman–Crippen LogP) is 4.01. The summed E-state index contributed by atoms with van der Waals surface area (Å²) in [5, 5.41) is 8.81. The number of nitrogens with zero attached hydrogens (tertiary/aromatic N) is 4. The molecule has 138 valence electrons. The number of aromatic nitrogens is 3. The summed E-state index contributed by atoms with van der Waals surface area (Å²) in [5.74, 6) is 0.872. The molecule has 0 aliphatic rings. The van der Waals surface area contributed by atoms with Crippen LogP contribution in [-0.2, 0) is 0 Å². The van der Waals surface area contributed by atoms with E-state index in [0.29, 0.717) is 13.2 Å². The summed E-state index contributed by atoms with van der Waals surface area (Å²) < 4.78 is 7.59. The van der Waals surface area contributed by atoms with Crippen LogP contribution in [0.5, 0.6) is 5.75 Å². The molecule has 0 fully saturated rings. The third-order valence-electron chi connectivity index (χ3n) is 4.13. The first-order valence-corrected chi connectivity index (χ1v) is 9.56. The zero-order valence-electron chi connectivity index (χ0n) is 15.3. The Morgan fingerprint density at radius 1 is 1.11 bits per heavy atom. The molecule has 0 aliphatic carbocycles. The summed E-state index contributed by atoms with van der Waals surface area (Å²) in [6.07, 6.45) is 1.87. The zero-order valence-corrected chi connectivity index (χ0v) is 16.1. The van der Waals surface area contributed by atoms with E-state index in [1.807, 2.05) is 55.1 Å². The molecule has 4 rings (SSSR count). The Kier molecular flexibility index (Phi) is 4.93. The number of anilines is 2. The summed E-state index contributed by atoms with van der Waals surface area (Å²) in [7, 11) is 4.07. The van der Waals surface area contributed by atoms with Crippen molar-refractivity contribution in [2.75, 3.05) is 37.5 Å². The number of hydrogen-bond acceptors (Lipinski definition) is 6. The monoisotopic (exact) mass is 379 g/mol. The van der Waals surface area contributed by atoms with E-state index in [2.05, 4.69) is 44.6 Å². The molecule has 0 unspecified atom stereocenters. The minimum absolute atomic E-state index is 0.573. The molecular weight excluding hydrogens is 358 g/mol. The molecule has 2 aromatic carbocycles. The Hall–Kier alpha value is -3.06. The molecule has 0 bridgehead atoms. The number of nitrogens with one attached hydrogen (secondary N) is 1. The van der Waals surface area contributed by atoms with Gasteiger partial charge in [-0.1, -0.05) is 41.7 Å². The molecule has 0 radical (unpaired) electrons. The van der Waals surface area contributed by atoms with E-state index in [0.717, 1.165) is 32.8 Å². The number of para-hydroxylation sites is 1. The third kappa shape index (κ3) is 3.88. The second kappa shape index (κ2) is 7.67. The first-order valence-electron chi connectivity index (χ1n) is 8.75. The summed E-state index contributed by atoms with van der Waals surface area (Å²) in [6, 6.07) is 18.2. The van der Waals surface area contributed by atoms with Crippen molar-refractivity contribution >= 4 is 27.1 Å². The lowest BCUT2D eigenvalue weighted by molar-refractivity contribution is 0.333. The second-order valence-corrected chi connectivity index (χ2v) is 7.23. The lowest BCUT2D eigenvalue weighted by atomic mass is 10.1. The molecule has 2 aromatic heterocycles. The molecule has 0 spiro atoms. The van der Waals surface area contributed by atoms with Gasteiger partial charge in [-0.3, -0.25) is 0 Å². The van der Waals surface area contributed by atoms with Gasteiger partial charge in [-0.25, -0.2) is 9.50 Å². The highest BCUT2D eigenvalue weighted by Crippen LogP contribution is 2.28. The average molecular weight is 379 g/mol. The zero-order chi connectivity index (χ0) is 18.6. The number of benzene rings is 2. The SMILES string of the molecule is CN(C)c1cccc(-c2cnc3sc(NCCOc4ccccc4)nn23)c1. The Balaban J connectivity index is 1.45. The molecule has 7 heteroatoms. The molecule has 4 aromatic rings. The fourth-order valence-electron chi connectivity index (χ4n) is 2.75. The first-order chi connectivity index (χ1) is 13.2. The first kappa shape index (κ1) is 17.4. The summed E-state index contributed by atoms with van der Waals surface area (Å²) in [5.41, 5.74) is 3.23. The van der Waals surface area contributed by atoms with E-state index in [1.54, 1.807) is 0 Å². The lowest BCUT2D eigenvalue weighted by Crippen LogP contribution is -2.11. The van der Waals surface area contributed by atoms with Gasteiger partial charge in [0.15, 0.2) is 0 Å². The Labute approximate surface area is 162 Å². The third-order valence-corrected chi connectivity index (χ3v) is 5.01. The van der Waals surface area contributed by atoms with Gasteiger partial charge >= 0.3 is 0 Å². The molecule has 1 N–H and O–H groups in total. The van der Waals surface area contributed by atoms with E-state index in [1.165, 1.54) is 11.3 Å². The molecule has 0 amide bonds. The van der Waals surface area contributed by atoms with E-state index < -0.39 is 0 Å². The maximum atomic E-state index is 5.70. The lowest BCUT2D eigenvalue weighted by Gasteiger charge is -2.13. The van der Waals surface area contributed by atoms with Crippen LogP contribution >= 0.6 is 11.3 Å². The smallest absolute Gasteiger partial charge is 0.214 e. The van der Waals surface area contributed by atoms with Crippen LogP contribution in [0.25, 0.3) is 16.2 Å². The van der Waals surface area contributed by atoms with Crippen LogP contribution < -0.4 is 15.0 Å². The normalized spacial score (nSPS) is 10.9. The van der Waals surface area contributed by atoms with Crippen LogP contribution in [-0.4, -0.2) is 41.8 Å². The number of imidazole rings is 1. The molecular formula is C20H21N5OS. The fourth-order valence-corrected chi connectivity index (χ4v) is 3.55. The van der Waals surface area contributed by atoms with Crippen molar-refractivity contribution in [2.24, 2.45) is 0 Å². The highest BCUT2D eigenvalue weighted by atomic mass is 32.1. The Bertz CT molecular complexity index is 1030. The van der Waals surface area contributed by atoms with E-state index in [9.17, 15) is 0 Å². The second-order valence-electron chi connectivity index (χ2n) is 6.28. The van der Waals surface area contributed by atoms with E-state index >= 15 is 0 Å². The Morgan fingerprint density at radius 2 is 1.96 bits per heavy atom. The van der Waals surface area contributed by atoms with Gasteiger partial charge in [0.1, 0.15) is 12.4 Å².